The summed E-state index contributed by atoms with van der Waals surface area (Å²) < 4.78 is 0. The fourth-order valence-electron chi connectivity index (χ4n) is 2.09. The molecule has 7 heteroatoms. The Kier molecular flexibility index (Phi) is 3.71. The number of aliphatic hydroxyl groups is 1. The molecule has 0 unspecified atom stereocenters. The summed E-state index contributed by atoms with van der Waals surface area (Å²) in [6.45, 7) is 1.45. The highest BCUT2D eigenvalue weighted by Crippen LogP contribution is 2.22. The van der Waals surface area contributed by atoms with Crippen molar-refractivity contribution in [3.05, 3.63) is 47.3 Å². The van der Waals surface area contributed by atoms with Crippen LogP contribution >= 0.6 is 0 Å². The molecule has 0 saturated carbocycles. The number of pyridine rings is 1. The van der Waals surface area contributed by atoms with E-state index >= 15 is 0 Å². The quantitative estimate of drug-likeness (QED) is 0.435. The third kappa shape index (κ3) is 2.61. The van der Waals surface area contributed by atoms with Gasteiger partial charge in [0.2, 0.25) is 5.95 Å². The predicted octanol–water partition coefficient (Wildman–Crippen LogP) is 1.91. The average molecular weight is 297 g/mol. The lowest BCUT2D eigenvalue weighted by molar-refractivity contribution is 0.280. The fraction of sp³-hybridized carbons (Fsp3) is 0.133. The molecule has 0 fully saturated rings. The number of anilines is 1. The van der Waals surface area contributed by atoms with Crippen molar-refractivity contribution in [3.8, 4) is 5.75 Å². The summed E-state index contributed by atoms with van der Waals surface area (Å²) in [5, 5.41) is 23.3. The molecule has 0 atom stereocenters. The Morgan fingerprint density at radius 3 is 2.95 bits per heavy atom. The molecule has 0 bridgehead atoms. The van der Waals surface area contributed by atoms with Crippen LogP contribution in [0.3, 0.4) is 0 Å². The molecule has 0 aliphatic heterocycles. The van der Waals surface area contributed by atoms with Crippen LogP contribution in [0.4, 0.5) is 5.95 Å². The number of nitrogens with one attached hydrogen (secondary N) is 2. The summed E-state index contributed by atoms with van der Waals surface area (Å²) >= 11 is 0. The monoisotopic (exact) mass is 297 g/mol. The third-order valence-electron chi connectivity index (χ3n) is 3.28. The smallest absolute Gasteiger partial charge is 0.222 e. The molecule has 0 saturated heterocycles. The first-order valence-corrected chi connectivity index (χ1v) is 6.71. The Labute approximate surface area is 126 Å². The van der Waals surface area contributed by atoms with E-state index in [0.717, 1.165) is 11.0 Å². The van der Waals surface area contributed by atoms with Crippen molar-refractivity contribution >= 4 is 23.2 Å². The zero-order chi connectivity index (χ0) is 15.5. The Hall–Kier alpha value is -2.93. The average Bonchev–Trinajstić information content (AvgIpc) is 2.94. The van der Waals surface area contributed by atoms with Gasteiger partial charge in [0.05, 0.1) is 29.5 Å². The van der Waals surface area contributed by atoms with Gasteiger partial charge >= 0.3 is 0 Å². The topological polar surface area (TPSA) is 106 Å². The van der Waals surface area contributed by atoms with Gasteiger partial charge in [-0.3, -0.25) is 4.98 Å². The Bertz CT molecular complexity index is 808. The third-order valence-corrected chi connectivity index (χ3v) is 3.28. The highest BCUT2D eigenvalue weighted by Gasteiger charge is 2.09. The maximum atomic E-state index is 10.0. The number of aryl methyl sites for hydroxylation is 1. The molecule has 4 N–H and O–H groups in total. The first-order valence-electron chi connectivity index (χ1n) is 6.71. The second kappa shape index (κ2) is 5.82. The zero-order valence-electron chi connectivity index (χ0n) is 11.9. The molecule has 2 aromatic heterocycles. The number of H-pyrrole nitrogens is 1. The Morgan fingerprint density at radius 2 is 2.18 bits per heavy atom. The lowest BCUT2D eigenvalue weighted by Gasteiger charge is -2.06. The van der Waals surface area contributed by atoms with E-state index in [1.54, 1.807) is 6.92 Å². The van der Waals surface area contributed by atoms with Crippen LogP contribution in [0.25, 0.3) is 11.0 Å². The zero-order valence-corrected chi connectivity index (χ0v) is 11.9. The number of fused-ring (bicyclic) bond motifs is 1. The minimum absolute atomic E-state index is 0.00158. The normalized spacial score (nSPS) is 11.4. The second-order valence-corrected chi connectivity index (χ2v) is 4.76. The van der Waals surface area contributed by atoms with E-state index in [-0.39, 0.29) is 12.4 Å². The van der Waals surface area contributed by atoms with Gasteiger partial charge in [-0.05, 0) is 19.1 Å². The van der Waals surface area contributed by atoms with Gasteiger partial charge in [0, 0.05) is 17.3 Å². The number of benzene rings is 1. The molecule has 0 spiro atoms. The van der Waals surface area contributed by atoms with E-state index in [0.29, 0.717) is 22.8 Å². The molecule has 0 amide bonds. The molecule has 3 aromatic rings. The predicted molar refractivity (Wildman–Crippen MR) is 83.9 cm³/mol. The fourth-order valence-corrected chi connectivity index (χ4v) is 2.09. The molecule has 2 heterocycles. The molecule has 0 aliphatic carbocycles. The summed E-state index contributed by atoms with van der Waals surface area (Å²) in [4.78, 5) is 11.4. The molecule has 112 valence electrons. The van der Waals surface area contributed by atoms with Crippen molar-refractivity contribution in [3.63, 3.8) is 0 Å². The number of rotatable bonds is 4. The van der Waals surface area contributed by atoms with E-state index in [2.05, 4.69) is 25.5 Å². The van der Waals surface area contributed by atoms with Gasteiger partial charge in [0.1, 0.15) is 5.75 Å². The molecule has 0 aliphatic rings. The summed E-state index contributed by atoms with van der Waals surface area (Å²) in [7, 11) is 0. The van der Waals surface area contributed by atoms with E-state index in [9.17, 15) is 10.2 Å². The number of aromatic hydroxyl groups is 1. The minimum atomic E-state index is -0.229. The number of hydrazone groups is 1. The van der Waals surface area contributed by atoms with E-state index in [1.165, 1.54) is 12.4 Å². The Balaban J connectivity index is 1.84. The van der Waals surface area contributed by atoms with Crippen LogP contribution in [-0.4, -0.2) is 31.4 Å². The number of hydrogen-bond acceptors (Lipinski definition) is 6. The van der Waals surface area contributed by atoms with Crippen LogP contribution in [0.5, 0.6) is 5.75 Å². The van der Waals surface area contributed by atoms with Gasteiger partial charge in [0.15, 0.2) is 0 Å². The van der Waals surface area contributed by atoms with Crippen LogP contribution < -0.4 is 5.43 Å². The summed E-state index contributed by atoms with van der Waals surface area (Å²) in [5.41, 5.74) is 5.91. The van der Waals surface area contributed by atoms with Crippen LogP contribution in [-0.2, 0) is 6.61 Å². The Morgan fingerprint density at radius 1 is 1.36 bits per heavy atom. The molecular formula is C15H15N5O2. The number of aromatic nitrogens is 3. The van der Waals surface area contributed by atoms with Gasteiger partial charge in [-0.1, -0.05) is 12.1 Å². The van der Waals surface area contributed by atoms with E-state index in [1.807, 2.05) is 24.3 Å². The highest BCUT2D eigenvalue weighted by atomic mass is 16.3. The number of aliphatic hydroxyl groups excluding tert-OH is 1. The first-order chi connectivity index (χ1) is 10.7. The summed E-state index contributed by atoms with van der Waals surface area (Å²) in [6.07, 6.45) is 2.94. The van der Waals surface area contributed by atoms with E-state index in [4.69, 9.17) is 0 Å². The van der Waals surface area contributed by atoms with Crippen LogP contribution in [0, 0.1) is 6.92 Å². The lowest BCUT2D eigenvalue weighted by Crippen LogP contribution is -2.00. The number of aromatic amines is 1. The van der Waals surface area contributed by atoms with Crippen molar-refractivity contribution in [2.75, 3.05) is 5.43 Å². The number of para-hydroxylation sites is 2. The summed E-state index contributed by atoms with van der Waals surface area (Å²) in [5.74, 6) is 0.495. The molecule has 3 rings (SSSR count). The molecule has 0 radical (unpaired) electrons. The standard InChI is InChI=1S/C15H15N5O2/c1-9-14(22)11(10(8-21)6-16-9)7-17-20-15-18-12-4-2-3-5-13(12)19-15/h2-7,21-22H,8H2,1H3,(H2,18,19,20). The molecule has 1 aromatic carbocycles. The van der Waals surface area contributed by atoms with Gasteiger partial charge in [-0.15, -0.1) is 0 Å². The first kappa shape index (κ1) is 14.0. The SMILES string of the molecule is Cc1ncc(CO)c(C=NNc2nc3ccccc3[nH]2)c1O. The van der Waals surface area contributed by atoms with Gasteiger partial charge in [0.25, 0.3) is 0 Å². The number of imidazole rings is 1. The van der Waals surface area contributed by atoms with Crippen LogP contribution in [0.15, 0.2) is 35.6 Å². The van der Waals surface area contributed by atoms with Crippen LogP contribution in [0.1, 0.15) is 16.8 Å². The number of nitrogens with zero attached hydrogens (tertiary/aromatic N) is 3. The van der Waals surface area contributed by atoms with Gasteiger partial charge in [-0.2, -0.15) is 5.10 Å². The molecule has 7 nitrogen and oxygen atoms in total. The van der Waals surface area contributed by atoms with Crippen molar-refractivity contribution in [2.24, 2.45) is 5.10 Å². The maximum Gasteiger partial charge on any atom is 0.222 e. The van der Waals surface area contributed by atoms with Crippen molar-refractivity contribution in [1.29, 1.82) is 0 Å². The van der Waals surface area contributed by atoms with Crippen molar-refractivity contribution < 1.29 is 10.2 Å². The van der Waals surface area contributed by atoms with Crippen LogP contribution in [0.2, 0.25) is 0 Å². The second-order valence-electron chi connectivity index (χ2n) is 4.76. The highest BCUT2D eigenvalue weighted by molar-refractivity contribution is 5.86. The molecule has 22 heavy (non-hydrogen) atoms. The molecular weight excluding hydrogens is 282 g/mol. The largest absolute Gasteiger partial charge is 0.505 e. The van der Waals surface area contributed by atoms with Gasteiger partial charge < -0.3 is 15.2 Å². The van der Waals surface area contributed by atoms with E-state index < -0.39 is 0 Å². The lowest BCUT2D eigenvalue weighted by atomic mass is 10.1. The van der Waals surface area contributed by atoms with Crippen molar-refractivity contribution in [1.82, 2.24) is 15.0 Å². The maximum absolute atomic E-state index is 10.0. The number of hydrogen-bond donors (Lipinski definition) is 4. The summed E-state index contributed by atoms with van der Waals surface area (Å²) in [6, 6.07) is 7.63. The van der Waals surface area contributed by atoms with Gasteiger partial charge in [-0.25, -0.2) is 10.4 Å². The van der Waals surface area contributed by atoms with Crippen molar-refractivity contribution in [2.45, 2.75) is 13.5 Å². The minimum Gasteiger partial charge on any atom is -0.505 e.